The molecule has 5 nitrogen and oxygen atoms in total. The third kappa shape index (κ3) is 2.87. The van der Waals surface area contributed by atoms with E-state index in [1.54, 1.807) is 18.2 Å². The fraction of sp³-hybridized carbons (Fsp3) is 0.111. The Hall–Kier alpha value is -3.26. The van der Waals surface area contributed by atoms with Crippen molar-refractivity contribution < 1.29 is 14.3 Å². The third-order valence-corrected chi connectivity index (χ3v) is 3.50. The highest BCUT2D eigenvalue weighted by Gasteiger charge is 2.23. The normalized spacial score (nSPS) is 14.1. The molecule has 0 radical (unpaired) electrons. The zero-order valence-electron chi connectivity index (χ0n) is 12.5. The molecule has 0 spiro atoms. The highest BCUT2D eigenvalue weighted by molar-refractivity contribution is 6.34. The Morgan fingerprint density at radius 2 is 2.04 bits per heavy atom. The molecule has 1 N–H and O–H groups in total. The Labute approximate surface area is 133 Å². The number of para-hydroxylation sites is 1. The largest absolute Gasteiger partial charge is 0.493 e. The molecule has 2 aromatic rings. The lowest BCUT2D eigenvalue weighted by atomic mass is 10.0. The fourth-order valence-electron chi connectivity index (χ4n) is 2.45. The Morgan fingerprint density at radius 1 is 1.22 bits per heavy atom. The van der Waals surface area contributed by atoms with Crippen LogP contribution in [0.15, 0.2) is 42.5 Å². The minimum Gasteiger partial charge on any atom is -0.493 e. The van der Waals surface area contributed by atoms with Crippen LogP contribution < -0.4 is 14.8 Å². The first-order valence-electron chi connectivity index (χ1n) is 7.03. The molecule has 0 atom stereocenters. The van der Waals surface area contributed by atoms with Crippen LogP contribution in [0.2, 0.25) is 0 Å². The zero-order chi connectivity index (χ0) is 16.2. The van der Waals surface area contributed by atoms with Crippen LogP contribution in [0.1, 0.15) is 11.1 Å². The molecule has 1 amide bonds. The van der Waals surface area contributed by atoms with E-state index in [-0.39, 0.29) is 12.5 Å². The second-order valence-corrected chi connectivity index (χ2v) is 4.91. The molecule has 1 aliphatic rings. The lowest BCUT2D eigenvalue weighted by Crippen LogP contribution is -2.03. The second-order valence-electron chi connectivity index (χ2n) is 4.91. The van der Waals surface area contributed by atoms with Gasteiger partial charge in [-0.25, -0.2) is 0 Å². The average molecular weight is 306 g/mol. The monoisotopic (exact) mass is 306 g/mol. The lowest BCUT2D eigenvalue weighted by Gasteiger charge is -2.09. The Balaban J connectivity index is 1.97. The van der Waals surface area contributed by atoms with E-state index >= 15 is 0 Å². The van der Waals surface area contributed by atoms with E-state index in [1.165, 1.54) is 7.11 Å². The van der Waals surface area contributed by atoms with Crippen molar-refractivity contribution in [3.05, 3.63) is 53.6 Å². The van der Waals surface area contributed by atoms with Crippen LogP contribution in [0.4, 0.5) is 5.69 Å². The quantitative estimate of drug-likeness (QED) is 0.881. The number of ether oxygens (including phenoxy) is 2. The number of hydrogen-bond donors (Lipinski definition) is 1. The van der Waals surface area contributed by atoms with Gasteiger partial charge in [0.2, 0.25) is 0 Å². The summed E-state index contributed by atoms with van der Waals surface area (Å²) < 4.78 is 10.6. The standard InChI is InChI=1S/C18H14N2O3/c1-22-17-11-12(6-7-16(17)23-9-8-19)10-14-13-4-2-3-5-15(13)20-18(14)21/h2-7,10-11H,9H2,1H3,(H,20,21)/b14-10-. The molecule has 0 saturated heterocycles. The molecule has 0 unspecified atom stereocenters. The van der Waals surface area contributed by atoms with Crippen molar-refractivity contribution in [2.24, 2.45) is 0 Å². The van der Waals surface area contributed by atoms with Crippen molar-refractivity contribution in [2.45, 2.75) is 0 Å². The predicted molar refractivity (Wildman–Crippen MR) is 87.0 cm³/mol. The van der Waals surface area contributed by atoms with Crippen LogP contribution >= 0.6 is 0 Å². The van der Waals surface area contributed by atoms with Gasteiger partial charge < -0.3 is 14.8 Å². The van der Waals surface area contributed by atoms with Gasteiger partial charge in [-0.05, 0) is 29.8 Å². The summed E-state index contributed by atoms with van der Waals surface area (Å²) in [5.74, 6) is 0.878. The Kier molecular flexibility index (Phi) is 3.98. The van der Waals surface area contributed by atoms with Crippen LogP contribution in [-0.4, -0.2) is 19.6 Å². The maximum atomic E-state index is 12.1. The Bertz CT molecular complexity index is 834. The number of methoxy groups -OCH3 is 1. The molecule has 0 aliphatic carbocycles. The summed E-state index contributed by atoms with van der Waals surface area (Å²) in [6.45, 7) is -0.0490. The molecule has 5 heteroatoms. The first-order valence-corrected chi connectivity index (χ1v) is 7.03. The smallest absolute Gasteiger partial charge is 0.256 e. The van der Waals surface area contributed by atoms with Gasteiger partial charge in [0.25, 0.3) is 5.91 Å². The molecule has 0 saturated carbocycles. The summed E-state index contributed by atoms with van der Waals surface area (Å²) in [5.41, 5.74) is 3.10. The molecular weight excluding hydrogens is 292 g/mol. The maximum absolute atomic E-state index is 12.1. The van der Waals surface area contributed by atoms with Crippen molar-refractivity contribution in [3.8, 4) is 17.6 Å². The number of anilines is 1. The van der Waals surface area contributed by atoms with E-state index in [0.29, 0.717) is 17.1 Å². The lowest BCUT2D eigenvalue weighted by molar-refractivity contribution is -0.110. The minimum atomic E-state index is -0.130. The first-order chi connectivity index (χ1) is 11.2. The number of rotatable bonds is 4. The SMILES string of the molecule is COc1cc(/C=C2\C(=O)Nc3ccccc32)ccc1OCC#N. The highest BCUT2D eigenvalue weighted by Crippen LogP contribution is 2.34. The fourth-order valence-corrected chi connectivity index (χ4v) is 2.45. The number of carbonyl (C=O) groups is 1. The molecule has 0 fully saturated rings. The van der Waals surface area contributed by atoms with Crippen LogP contribution in [-0.2, 0) is 4.79 Å². The number of hydrogen-bond acceptors (Lipinski definition) is 4. The highest BCUT2D eigenvalue weighted by atomic mass is 16.5. The predicted octanol–water partition coefficient (Wildman–Crippen LogP) is 3.09. The number of nitrogens with one attached hydrogen (secondary N) is 1. The molecule has 1 heterocycles. The molecule has 1 aliphatic heterocycles. The van der Waals surface area contributed by atoms with Crippen molar-refractivity contribution in [1.29, 1.82) is 5.26 Å². The summed E-state index contributed by atoms with van der Waals surface area (Å²) in [6.07, 6.45) is 1.80. The zero-order valence-corrected chi connectivity index (χ0v) is 12.5. The van der Waals surface area contributed by atoms with Crippen molar-refractivity contribution in [1.82, 2.24) is 0 Å². The number of amides is 1. The van der Waals surface area contributed by atoms with Gasteiger partial charge in [-0.1, -0.05) is 24.3 Å². The van der Waals surface area contributed by atoms with Gasteiger partial charge in [0.05, 0.1) is 7.11 Å². The number of carbonyl (C=O) groups excluding carboxylic acids is 1. The van der Waals surface area contributed by atoms with E-state index in [2.05, 4.69) is 5.32 Å². The van der Waals surface area contributed by atoms with Crippen molar-refractivity contribution in [2.75, 3.05) is 19.0 Å². The van der Waals surface area contributed by atoms with E-state index in [1.807, 2.05) is 36.4 Å². The van der Waals surface area contributed by atoms with E-state index in [0.717, 1.165) is 16.8 Å². The minimum absolute atomic E-state index is 0.0490. The molecule has 114 valence electrons. The van der Waals surface area contributed by atoms with Gasteiger partial charge in [0.15, 0.2) is 18.1 Å². The number of benzene rings is 2. The van der Waals surface area contributed by atoms with Crippen molar-refractivity contribution >= 4 is 23.2 Å². The molecule has 0 bridgehead atoms. The number of fused-ring (bicyclic) bond motifs is 1. The van der Waals surface area contributed by atoms with Crippen LogP contribution in [0.3, 0.4) is 0 Å². The summed E-state index contributed by atoms with van der Waals surface area (Å²) in [5, 5.41) is 11.4. The maximum Gasteiger partial charge on any atom is 0.256 e. The summed E-state index contributed by atoms with van der Waals surface area (Å²) >= 11 is 0. The van der Waals surface area contributed by atoms with Crippen LogP contribution in [0.5, 0.6) is 11.5 Å². The summed E-state index contributed by atoms with van der Waals surface area (Å²) in [4.78, 5) is 12.1. The van der Waals surface area contributed by atoms with Gasteiger partial charge in [-0.2, -0.15) is 5.26 Å². The molecule has 2 aromatic carbocycles. The number of nitriles is 1. The van der Waals surface area contributed by atoms with E-state index in [9.17, 15) is 4.79 Å². The number of nitrogens with zero attached hydrogens (tertiary/aromatic N) is 1. The Morgan fingerprint density at radius 3 is 2.83 bits per heavy atom. The summed E-state index contributed by atoms with van der Waals surface area (Å²) in [7, 11) is 1.53. The first kappa shape index (κ1) is 14.7. The van der Waals surface area contributed by atoms with Crippen LogP contribution in [0, 0.1) is 11.3 Å². The second kappa shape index (κ2) is 6.24. The van der Waals surface area contributed by atoms with Gasteiger partial charge in [-0.15, -0.1) is 0 Å². The molecule has 0 aromatic heterocycles. The molecule has 3 rings (SSSR count). The van der Waals surface area contributed by atoms with Gasteiger partial charge in [-0.3, -0.25) is 4.79 Å². The van der Waals surface area contributed by atoms with E-state index in [4.69, 9.17) is 14.7 Å². The average Bonchev–Trinajstić information content (AvgIpc) is 2.89. The van der Waals surface area contributed by atoms with Crippen molar-refractivity contribution in [3.63, 3.8) is 0 Å². The molecule has 23 heavy (non-hydrogen) atoms. The van der Waals surface area contributed by atoms with Crippen LogP contribution in [0.25, 0.3) is 11.6 Å². The summed E-state index contributed by atoms with van der Waals surface area (Å²) in [6, 6.07) is 14.8. The third-order valence-electron chi connectivity index (χ3n) is 3.50. The topological polar surface area (TPSA) is 71.3 Å². The van der Waals surface area contributed by atoms with Gasteiger partial charge in [0.1, 0.15) is 6.07 Å². The molecular formula is C18H14N2O3. The van der Waals surface area contributed by atoms with Gasteiger partial charge >= 0.3 is 0 Å². The van der Waals surface area contributed by atoms with Gasteiger partial charge in [0, 0.05) is 16.8 Å². The van der Waals surface area contributed by atoms with E-state index < -0.39 is 0 Å².